The van der Waals surface area contributed by atoms with Gasteiger partial charge in [-0.3, -0.25) is 9.59 Å². The van der Waals surface area contributed by atoms with Gasteiger partial charge in [-0.25, -0.2) is 0 Å². The van der Waals surface area contributed by atoms with Gasteiger partial charge in [0.15, 0.2) is 0 Å². The number of nitrogens with one attached hydrogen (secondary N) is 2. The van der Waals surface area contributed by atoms with Gasteiger partial charge in [-0.1, -0.05) is 60.7 Å². The zero-order valence-electron chi connectivity index (χ0n) is 19.9. The van der Waals surface area contributed by atoms with Gasteiger partial charge >= 0.3 is 0 Å². The summed E-state index contributed by atoms with van der Waals surface area (Å²) in [6.07, 6.45) is 0.737. The second-order valence-electron chi connectivity index (χ2n) is 8.03. The molecule has 4 rings (SSSR count). The maximum Gasteiger partial charge on any atom is 0.255 e. The molecule has 5 nitrogen and oxygen atoms in total. The van der Waals surface area contributed by atoms with Crippen molar-refractivity contribution in [1.82, 2.24) is 5.32 Å². The number of rotatable bonds is 11. The number of carbonyl (C=O) groups excluding carboxylic acids is 2. The van der Waals surface area contributed by atoms with E-state index in [1.54, 1.807) is 60.3 Å². The minimum absolute atomic E-state index is 0.223. The van der Waals surface area contributed by atoms with Crippen LogP contribution in [0.2, 0.25) is 0 Å². The fraction of sp³-hybridized carbons (Fsp3) is 0.133. The summed E-state index contributed by atoms with van der Waals surface area (Å²) in [4.78, 5) is 26.8. The highest BCUT2D eigenvalue weighted by Crippen LogP contribution is 2.20. The lowest BCUT2D eigenvalue weighted by Gasteiger charge is -2.12. The van der Waals surface area contributed by atoms with Crippen LogP contribution in [-0.4, -0.2) is 30.7 Å². The molecule has 0 saturated carbocycles. The molecule has 0 aliphatic heterocycles. The molecule has 0 fully saturated rings. The van der Waals surface area contributed by atoms with Crippen LogP contribution in [0.3, 0.4) is 0 Å². The Morgan fingerprint density at radius 3 is 2.14 bits per heavy atom. The number of anilines is 1. The maximum absolute atomic E-state index is 12.8. The number of thioether (sulfide) groups is 1. The molecule has 36 heavy (non-hydrogen) atoms. The van der Waals surface area contributed by atoms with Crippen molar-refractivity contribution in [3.8, 4) is 5.75 Å². The smallest absolute Gasteiger partial charge is 0.255 e. The Morgan fingerprint density at radius 1 is 0.722 bits per heavy atom. The van der Waals surface area contributed by atoms with E-state index < -0.39 is 0 Å². The molecule has 6 heteroatoms. The van der Waals surface area contributed by atoms with E-state index in [-0.39, 0.29) is 11.8 Å². The SMILES string of the molecule is O=C(Nc1ccccc1C(=O)NCCc1ccccc1)c1ccc(OCCSc2ccccc2)cc1. The second-order valence-corrected chi connectivity index (χ2v) is 9.19. The molecule has 0 aliphatic carbocycles. The van der Waals surface area contributed by atoms with Crippen molar-refractivity contribution >= 4 is 29.3 Å². The van der Waals surface area contributed by atoms with Crippen molar-refractivity contribution in [2.45, 2.75) is 11.3 Å². The molecule has 4 aromatic rings. The van der Waals surface area contributed by atoms with E-state index in [0.717, 1.165) is 17.7 Å². The number of para-hydroxylation sites is 1. The van der Waals surface area contributed by atoms with Crippen LogP contribution in [0.1, 0.15) is 26.3 Å². The summed E-state index contributed by atoms with van der Waals surface area (Å²) >= 11 is 1.73. The standard InChI is InChI=1S/C30H28N2O3S/c33-29(24-15-17-25(18-16-24)35-21-22-36-26-11-5-2-6-12-26)32-28-14-8-7-13-27(28)30(34)31-20-19-23-9-3-1-4-10-23/h1-18H,19-22H2,(H,31,34)(H,32,33). The van der Waals surface area contributed by atoms with Crippen molar-refractivity contribution in [3.05, 3.63) is 126 Å². The van der Waals surface area contributed by atoms with Gasteiger partial charge in [0, 0.05) is 22.8 Å². The van der Waals surface area contributed by atoms with Gasteiger partial charge in [0.05, 0.1) is 17.9 Å². The third-order valence-electron chi connectivity index (χ3n) is 5.44. The van der Waals surface area contributed by atoms with E-state index in [2.05, 4.69) is 22.8 Å². The first-order chi connectivity index (χ1) is 17.7. The third-order valence-corrected chi connectivity index (χ3v) is 6.42. The molecular formula is C30H28N2O3S. The molecule has 0 unspecified atom stereocenters. The van der Waals surface area contributed by atoms with Gasteiger partial charge in [-0.05, 0) is 60.5 Å². The van der Waals surface area contributed by atoms with Crippen molar-refractivity contribution in [3.63, 3.8) is 0 Å². The second kappa shape index (κ2) is 13.2. The van der Waals surface area contributed by atoms with E-state index in [1.165, 1.54) is 4.90 Å². The third kappa shape index (κ3) is 7.48. The van der Waals surface area contributed by atoms with Crippen LogP contribution in [0.5, 0.6) is 5.75 Å². The maximum atomic E-state index is 12.8. The van der Waals surface area contributed by atoms with Crippen LogP contribution in [0.15, 0.2) is 114 Å². The monoisotopic (exact) mass is 496 g/mol. The minimum atomic E-state index is -0.286. The number of benzene rings is 4. The van der Waals surface area contributed by atoms with Crippen molar-refractivity contribution in [2.24, 2.45) is 0 Å². The van der Waals surface area contributed by atoms with Gasteiger partial charge in [0.1, 0.15) is 5.75 Å². The van der Waals surface area contributed by atoms with Crippen LogP contribution in [-0.2, 0) is 6.42 Å². The Kier molecular flexibility index (Phi) is 9.17. The van der Waals surface area contributed by atoms with E-state index >= 15 is 0 Å². The number of amides is 2. The zero-order chi connectivity index (χ0) is 25.0. The molecular weight excluding hydrogens is 468 g/mol. The van der Waals surface area contributed by atoms with E-state index in [1.807, 2.05) is 48.5 Å². The van der Waals surface area contributed by atoms with E-state index in [0.29, 0.717) is 35.7 Å². The molecule has 0 aromatic heterocycles. The molecule has 4 aromatic carbocycles. The molecule has 0 spiro atoms. The molecule has 0 atom stereocenters. The largest absolute Gasteiger partial charge is 0.493 e. The highest BCUT2D eigenvalue weighted by Gasteiger charge is 2.14. The normalized spacial score (nSPS) is 10.4. The molecule has 0 saturated heterocycles. The summed E-state index contributed by atoms with van der Waals surface area (Å²) in [7, 11) is 0. The van der Waals surface area contributed by atoms with Crippen LogP contribution >= 0.6 is 11.8 Å². The van der Waals surface area contributed by atoms with Crippen molar-refractivity contribution in [1.29, 1.82) is 0 Å². The molecule has 0 aliphatic rings. The Hall–Kier alpha value is -4.03. The molecule has 2 amide bonds. The Balaban J connectivity index is 1.27. The quantitative estimate of drug-likeness (QED) is 0.195. The predicted molar refractivity (Wildman–Crippen MR) is 146 cm³/mol. The van der Waals surface area contributed by atoms with Crippen LogP contribution in [0.4, 0.5) is 5.69 Å². The summed E-state index contributed by atoms with van der Waals surface area (Å²) in [5.74, 6) is 1.03. The van der Waals surface area contributed by atoms with Crippen LogP contribution in [0.25, 0.3) is 0 Å². The minimum Gasteiger partial charge on any atom is -0.493 e. The molecule has 0 bridgehead atoms. The highest BCUT2D eigenvalue weighted by atomic mass is 32.2. The number of ether oxygens (including phenoxy) is 1. The summed E-state index contributed by atoms with van der Waals surface area (Å²) in [5, 5.41) is 5.80. The number of carbonyl (C=O) groups is 2. The summed E-state index contributed by atoms with van der Waals surface area (Å²) in [6, 6.07) is 34.2. The van der Waals surface area contributed by atoms with Crippen molar-refractivity contribution in [2.75, 3.05) is 24.2 Å². The average Bonchev–Trinajstić information content (AvgIpc) is 2.93. The van der Waals surface area contributed by atoms with Gasteiger partial charge in [-0.15, -0.1) is 11.8 Å². The molecule has 0 heterocycles. The van der Waals surface area contributed by atoms with Crippen molar-refractivity contribution < 1.29 is 14.3 Å². The number of hydrogen-bond acceptors (Lipinski definition) is 4. The fourth-order valence-electron chi connectivity index (χ4n) is 3.58. The van der Waals surface area contributed by atoms with E-state index in [4.69, 9.17) is 4.74 Å². The summed E-state index contributed by atoms with van der Waals surface area (Å²) in [6.45, 7) is 1.08. The Morgan fingerprint density at radius 2 is 1.39 bits per heavy atom. The van der Waals surface area contributed by atoms with Crippen LogP contribution in [0, 0.1) is 0 Å². The molecule has 2 N–H and O–H groups in total. The van der Waals surface area contributed by atoms with Crippen LogP contribution < -0.4 is 15.4 Å². The first-order valence-corrected chi connectivity index (χ1v) is 12.8. The topological polar surface area (TPSA) is 67.4 Å². The summed E-state index contributed by atoms with van der Waals surface area (Å²) < 4.78 is 5.80. The Labute approximate surface area is 215 Å². The first kappa shape index (κ1) is 25.1. The Bertz CT molecular complexity index is 1260. The van der Waals surface area contributed by atoms with Gasteiger partial charge in [0.25, 0.3) is 11.8 Å². The van der Waals surface area contributed by atoms with Gasteiger partial charge in [-0.2, -0.15) is 0 Å². The lowest BCUT2D eigenvalue weighted by atomic mass is 10.1. The lowest BCUT2D eigenvalue weighted by molar-refractivity contribution is 0.0955. The predicted octanol–water partition coefficient (Wildman–Crippen LogP) is 6.08. The summed E-state index contributed by atoms with van der Waals surface area (Å²) in [5.41, 5.74) is 2.54. The average molecular weight is 497 g/mol. The van der Waals surface area contributed by atoms with E-state index in [9.17, 15) is 9.59 Å². The molecule has 0 radical (unpaired) electrons. The zero-order valence-corrected chi connectivity index (χ0v) is 20.7. The molecule has 182 valence electrons. The van der Waals surface area contributed by atoms with Gasteiger partial charge in [0.2, 0.25) is 0 Å². The fourth-order valence-corrected chi connectivity index (χ4v) is 4.34. The van der Waals surface area contributed by atoms with Gasteiger partial charge < -0.3 is 15.4 Å². The highest BCUT2D eigenvalue weighted by molar-refractivity contribution is 7.99. The lowest BCUT2D eigenvalue weighted by Crippen LogP contribution is -2.27. The first-order valence-electron chi connectivity index (χ1n) is 11.8. The number of hydrogen-bond donors (Lipinski definition) is 2.